The molecule has 0 unspecified atom stereocenters. The molecule has 0 aliphatic rings. The molecule has 0 radical (unpaired) electrons. The van der Waals surface area contributed by atoms with Gasteiger partial charge in [-0.1, -0.05) is 48.0 Å². The number of rotatable bonds is 6. The highest BCUT2D eigenvalue weighted by Crippen LogP contribution is 2.24. The van der Waals surface area contributed by atoms with Crippen LogP contribution >= 0.6 is 22.9 Å². The standard InChI is InChI=1S/C18H16ClNO3S2/c19-16-3-1-2-4-18(16)25(22,23)20-11-17(21)14-7-5-13(6-8-14)15-9-10-24-12-15/h1-10,12,17,20-21H,11H2/t17-/m0/s1. The Morgan fingerprint density at radius 2 is 1.76 bits per heavy atom. The van der Waals surface area contributed by atoms with Crippen molar-refractivity contribution >= 4 is 33.0 Å². The maximum Gasteiger partial charge on any atom is 0.242 e. The molecule has 7 heteroatoms. The lowest BCUT2D eigenvalue weighted by Crippen LogP contribution is -2.28. The summed E-state index contributed by atoms with van der Waals surface area (Å²) in [5.41, 5.74) is 2.81. The maximum absolute atomic E-state index is 12.3. The molecule has 3 aromatic rings. The third-order valence-electron chi connectivity index (χ3n) is 3.74. The number of aliphatic hydroxyl groups is 1. The van der Waals surface area contributed by atoms with Crippen LogP contribution in [0.3, 0.4) is 0 Å². The van der Waals surface area contributed by atoms with Gasteiger partial charge in [-0.3, -0.25) is 0 Å². The molecular formula is C18H16ClNO3S2. The predicted octanol–water partition coefficient (Wildman–Crippen LogP) is 4.08. The van der Waals surface area contributed by atoms with Crippen LogP contribution in [-0.2, 0) is 10.0 Å². The quantitative estimate of drug-likeness (QED) is 0.663. The normalized spacial score (nSPS) is 12.9. The largest absolute Gasteiger partial charge is 0.387 e. The van der Waals surface area contributed by atoms with Crippen molar-refractivity contribution < 1.29 is 13.5 Å². The number of thiophene rings is 1. The predicted molar refractivity (Wildman–Crippen MR) is 101 cm³/mol. The van der Waals surface area contributed by atoms with Crippen LogP contribution in [0.15, 0.2) is 70.3 Å². The third kappa shape index (κ3) is 4.29. The highest BCUT2D eigenvalue weighted by Gasteiger charge is 2.19. The summed E-state index contributed by atoms with van der Waals surface area (Å²) in [4.78, 5) is -0.00308. The minimum atomic E-state index is -3.78. The summed E-state index contributed by atoms with van der Waals surface area (Å²) in [5, 5.41) is 14.5. The summed E-state index contributed by atoms with van der Waals surface area (Å²) in [6.07, 6.45) is -0.950. The SMILES string of the molecule is O=S(=O)(NC[C@H](O)c1ccc(-c2ccsc2)cc1)c1ccccc1Cl. The monoisotopic (exact) mass is 393 g/mol. The second-order valence-corrected chi connectivity index (χ2v) is 8.35. The fourth-order valence-corrected chi connectivity index (χ4v) is 4.59. The van der Waals surface area contributed by atoms with Crippen molar-refractivity contribution in [2.24, 2.45) is 0 Å². The van der Waals surface area contributed by atoms with Gasteiger partial charge in [0, 0.05) is 6.54 Å². The average Bonchev–Trinajstić information content (AvgIpc) is 3.15. The van der Waals surface area contributed by atoms with Crippen molar-refractivity contribution in [2.75, 3.05) is 6.54 Å². The molecule has 0 aliphatic carbocycles. The lowest BCUT2D eigenvalue weighted by Gasteiger charge is -2.14. The number of hydrogen-bond donors (Lipinski definition) is 2. The highest BCUT2D eigenvalue weighted by molar-refractivity contribution is 7.89. The molecule has 2 aromatic carbocycles. The number of hydrogen-bond acceptors (Lipinski definition) is 4. The summed E-state index contributed by atoms with van der Waals surface area (Å²) >= 11 is 7.54. The Morgan fingerprint density at radius 3 is 2.40 bits per heavy atom. The van der Waals surface area contributed by atoms with E-state index < -0.39 is 16.1 Å². The molecule has 4 nitrogen and oxygen atoms in total. The zero-order chi connectivity index (χ0) is 17.9. The van der Waals surface area contributed by atoms with Crippen LogP contribution < -0.4 is 4.72 Å². The first-order valence-electron chi connectivity index (χ1n) is 7.52. The highest BCUT2D eigenvalue weighted by atomic mass is 35.5. The molecule has 0 fully saturated rings. The van der Waals surface area contributed by atoms with Crippen molar-refractivity contribution in [3.05, 3.63) is 75.9 Å². The Kier molecular flexibility index (Phi) is 5.56. The van der Waals surface area contributed by atoms with Crippen molar-refractivity contribution in [3.8, 4) is 11.1 Å². The lowest BCUT2D eigenvalue weighted by atomic mass is 10.0. The Labute approximate surface area is 155 Å². The van der Waals surface area contributed by atoms with E-state index in [1.165, 1.54) is 12.1 Å². The molecule has 2 N–H and O–H groups in total. The van der Waals surface area contributed by atoms with E-state index in [0.29, 0.717) is 5.56 Å². The van der Waals surface area contributed by atoms with Crippen LogP contribution in [0.25, 0.3) is 11.1 Å². The fourth-order valence-electron chi connectivity index (χ4n) is 2.37. The Balaban J connectivity index is 1.68. The molecule has 0 saturated carbocycles. The minimum Gasteiger partial charge on any atom is -0.387 e. The van der Waals surface area contributed by atoms with E-state index in [0.717, 1.165) is 11.1 Å². The van der Waals surface area contributed by atoms with E-state index >= 15 is 0 Å². The summed E-state index contributed by atoms with van der Waals surface area (Å²) in [6.45, 7) is -0.134. The fraction of sp³-hybridized carbons (Fsp3) is 0.111. The first-order chi connectivity index (χ1) is 12.0. The van der Waals surface area contributed by atoms with Crippen molar-refractivity contribution in [2.45, 2.75) is 11.0 Å². The average molecular weight is 394 g/mol. The number of aliphatic hydroxyl groups excluding tert-OH is 1. The van der Waals surface area contributed by atoms with Gasteiger partial charge in [0.05, 0.1) is 11.1 Å². The Bertz CT molecular complexity index is 939. The lowest BCUT2D eigenvalue weighted by molar-refractivity contribution is 0.182. The first-order valence-corrected chi connectivity index (χ1v) is 10.3. The van der Waals surface area contributed by atoms with Gasteiger partial charge < -0.3 is 5.11 Å². The topological polar surface area (TPSA) is 66.4 Å². The van der Waals surface area contributed by atoms with Crippen LogP contribution in [-0.4, -0.2) is 20.1 Å². The molecule has 1 heterocycles. The van der Waals surface area contributed by atoms with Crippen LogP contribution in [0.1, 0.15) is 11.7 Å². The van der Waals surface area contributed by atoms with Crippen molar-refractivity contribution in [1.29, 1.82) is 0 Å². The van der Waals surface area contributed by atoms with Gasteiger partial charge in [-0.15, -0.1) is 0 Å². The van der Waals surface area contributed by atoms with Crippen LogP contribution in [0.2, 0.25) is 5.02 Å². The molecule has 0 aliphatic heterocycles. The van der Waals surface area contributed by atoms with E-state index in [-0.39, 0.29) is 16.5 Å². The maximum atomic E-state index is 12.3. The summed E-state index contributed by atoms with van der Waals surface area (Å²) in [5.74, 6) is 0. The van der Waals surface area contributed by atoms with Crippen molar-refractivity contribution in [3.63, 3.8) is 0 Å². The molecule has 0 spiro atoms. The van der Waals surface area contributed by atoms with Crippen LogP contribution in [0.5, 0.6) is 0 Å². The van der Waals surface area contributed by atoms with E-state index in [2.05, 4.69) is 4.72 Å². The third-order valence-corrected chi connectivity index (χ3v) is 6.35. The summed E-state index contributed by atoms with van der Waals surface area (Å²) in [6, 6.07) is 15.6. The second kappa shape index (κ2) is 7.68. The second-order valence-electron chi connectivity index (χ2n) is 5.43. The van der Waals surface area contributed by atoms with Gasteiger partial charge in [-0.05, 0) is 45.6 Å². The van der Waals surface area contributed by atoms with E-state index in [9.17, 15) is 13.5 Å². The van der Waals surface area contributed by atoms with Gasteiger partial charge in [0.25, 0.3) is 0 Å². The molecule has 25 heavy (non-hydrogen) atoms. The van der Waals surface area contributed by atoms with E-state index in [1.54, 1.807) is 35.6 Å². The molecular weight excluding hydrogens is 378 g/mol. The molecule has 1 atom stereocenters. The van der Waals surface area contributed by atoms with Gasteiger partial charge >= 0.3 is 0 Å². The molecule has 0 bridgehead atoms. The van der Waals surface area contributed by atoms with E-state index in [4.69, 9.17) is 11.6 Å². The zero-order valence-corrected chi connectivity index (χ0v) is 15.5. The minimum absolute atomic E-state index is 0.00308. The number of benzene rings is 2. The van der Waals surface area contributed by atoms with Gasteiger partial charge in [-0.25, -0.2) is 13.1 Å². The zero-order valence-electron chi connectivity index (χ0n) is 13.1. The molecule has 1 aromatic heterocycles. The molecule has 0 amide bonds. The Morgan fingerprint density at radius 1 is 1.04 bits per heavy atom. The number of nitrogens with one attached hydrogen (secondary N) is 1. The first kappa shape index (κ1) is 18.1. The summed E-state index contributed by atoms with van der Waals surface area (Å²) in [7, 11) is -3.78. The molecule has 0 saturated heterocycles. The number of sulfonamides is 1. The van der Waals surface area contributed by atoms with Crippen molar-refractivity contribution in [1.82, 2.24) is 4.72 Å². The number of halogens is 1. The summed E-state index contributed by atoms with van der Waals surface area (Å²) < 4.78 is 27.0. The van der Waals surface area contributed by atoms with Gasteiger partial charge in [0.2, 0.25) is 10.0 Å². The van der Waals surface area contributed by atoms with Gasteiger partial charge in [-0.2, -0.15) is 11.3 Å². The van der Waals surface area contributed by atoms with Gasteiger partial charge in [0.1, 0.15) is 4.90 Å². The molecule has 130 valence electrons. The van der Waals surface area contributed by atoms with Crippen LogP contribution in [0.4, 0.5) is 0 Å². The molecule has 3 rings (SSSR count). The van der Waals surface area contributed by atoms with Crippen LogP contribution in [0, 0.1) is 0 Å². The van der Waals surface area contributed by atoms with Gasteiger partial charge in [0.15, 0.2) is 0 Å². The Hall–Kier alpha value is -1.70. The smallest absolute Gasteiger partial charge is 0.242 e. The van der Waals surface area contributed by atoms with E-state index in [1.807, 2.05) is 29.0 Å².